The molecule has 0 aliphatic heterocycles. The SMILES string of the molecule is COC(C)C(C)NCc1cc(C)c(F)c(C)c1. The molecule has 17 heavy (non-hydrogen) atoms. The smallest absolute Gasteiger partial charge is 0.129 e. The minimum absolute atomic E-state index is 0.105. The molecule has 0 fully saturated rings. The largest absolute Gasteiger partial charge is 0.380 e. The molecule has 3 heteroatoms. The summed E-state index contributed by atoms with van der Waals surface area (Å²) in [5.74, 6) is -0.105. The van der Waals surface area contributed by atoms with Gasteiger partial charge in [0.1, 0.15) is 5.82 Å². The molecule has 2 atom stereocenters. The number of halogens is 1. The molecule has 2 nitrogen and oxygen atoms in total. The van der Waals surface area contributed by atoms with Crippen LogP contribution >= 0.6 is 0 Å². The normalized spacial score (nSPS) is 14.7. The maximum absolute atomic E-state index is 13.5. The minimum atomic E-state index is -0.105. The summed E-state index contributed by atoms with van der Waals surface area (Å²) >= 11 is 0. The third-order valence-corrected chi connectivity index (χ3v) is 3.20. The predicted octanol–water partition coefficient (Wildman–Crippen LogP) is 2.96. The molecule has 0 aliphatic carbocycles. The first-order valence-corrected chi connectivity index (χ1v) is 5.97. The van der Waals surface area contributed by atoms with Crippen LogP contribution in [-0.4, -0.2) is 19.3 Å². The highest BCUT2D eigenvalue weighted by Gasteiger charge is 2.11. The Kier molecular flexibility index (Phi) is 5.09. The lowest BCUT2D eigenvalue weighted by molar-refractivity contribution is 0.0882. The van der Waals surface area contributed by atoms with E-state index in [-0.39, 0.29) is 18.0 Å². The quantitative estimate of drug-likeness (QED) is 0.853. The van der Waals surface area contributed by atoms with Gasteiger partial charge in [-0.3, -0.25) is 0 Å². The molecule has 0 heterocycles. The molecule has 0 aliphatic rings. The van der Waals surface area contributed by atoms with Gasteiger partial charge >= 0.3 is 0 Å². The fraction of sp³-hybridized carbons (Fsp3) is 0.571. The molecule has 96 valence electrons. The average Bonchev–Trinajstić information content (AvgIpc) is 2.31. The summed E-state index contributed by atoms with van der Waals surface area (Å²) in [6, 6.07) is 4.05. The van der Waals surface area contributed by atoms with Crippen LogP contribution in [0.3, 0.4) is 0 Å². The van der Waals surface area contributed by atoms with Crippen LogP contribution in [0.5, 0.6) is 0 Å². The number of ether oxygens (including phenoxy) is 1. The fourth-order valence-electron chi connectivity index (χ4n) is 1.79. The van der Waals surface area contributed by atoms with Crippen LogP contribution in [0, 0.1) is 19.7 Å². The van der Waals surface area contributed by atoms with Crippen LogP contribution in [0.1, 0.15) is 30.5 Å². The molecule has 1 N–H and O–H groups in total. The van der Waals surface area contributed by atoms with E-state index in [2.05, 4.69) is 12.2 Å². The van der Waals surface area contributed by atoms with E-state index in [1.165, 1.54) is 0 Å². The van der Waals surface area contributed by atoms with Gasteiger partial charge in [0.2, 0.25) is 0 Å². The molecular formula is C14H22FNO. The Labute approximate surface area is 103 Å². The molecule has 0 radical (unpaired) electrons. The topological polar surface area (TPSA) is 21.3 Å². The number of hydrogen-bond acceptors (Lipinski definition) is 2. The highest BCUT2D eigenvalue weighted by atomic mass is 19.1. The molecule has 2 unspecified atom stereocenters. The van der Waals surface area contributed by atoms with Crippen molar-refractivity contribution >= 4 is 0 Å². The summed E-state index contributed by atoms with van der Waals surface area (Å²) in [7, 11) is 1.70. The van der Waals surface area contributed by atoms with E-state index < -0.39 is 0 Å². The summed E-state index contributed by atoms with van der Waals surface area (Å²) in [6.45, 7) is 8.44. The number of nitrogens with one attached hydrogen (secondary N) is 1. The lowest BCUT2D eigenvalue weighted by Crippen LogP contribution is -2.36. The van der Waals surface area contributed by atoms with Crippen LogP contribution in [0.15, 0.2) is 12.1 Å². The van der Waals surface area contributed by atoms with Crippen LogP contribution in [0.25, 0.3) is 0 Å². The van der Waals surface area contributed by atoms with E-state index in [0.717, 1.165) is 12.1 Å². The maximum atomic E-state index is 13.5. The Balaban J connectivity index is 2.64. The van der Waals surface area contributed by atoms with Gasteiger partial charge < -0.3 is 10.1 Å². The second-order valence-electron chi connectivity index (χ2n) is 4.65. The zero-order valence-corrected chi connectivity index (χ0v) is 11.3. The summed E-state index contributed by atoms with van der Waals surface area (Å²) < 4.78 is 18.7. The predicted molar refractivity (Wildman–Crippen MR) is 68.6 cm³/mol. The monoisotopic (exact) mass is 239 g/mol. The van der Waals surface area contributed by atoms with Crippen LogP contribution in [0.4, 0.5) is 4.39 Å². The molecule has 0 amide bonds. The van der Waals surface area contributed by atoms with E-state index in [0.29, 0.717) is 11.1 Å². The molecular weight excluding hydrogens is 217 g/mol. The van der Waals surface area contributed by atoms with Gasteiger partial charge in [-0.05, 0) is 44.4 Å². The zero-order chi connectivity index (χ0) is 13.0. The van der Waals surface area contributed by atoms with E-state index in [1.807, 2.05) is 19.1 Å². The van der Waals surface area contributed by atoms with Crippen molar-refractivity contribution in [3.63, 3.8) is 0 Å². The van der Waals surface area contributed by atoms with E-state index >= 15 is 0 Å². The average molecular weight is 239 g/mol. The molecule has 0 spiro atoms. The molecule has 0 aromatic heterocycles. The van der Waals surface area contributed by atoms with Crippen molar-refractivity contribution in [3.05, 3.63) is 34.6 Å². The standard InChI is InChI=1S/C14H22FNO/c1-9-6-13(7-10(2)14(9)15)8-16-11(3)12(4)17-5/h6-7,11-12,16H,8H2,1-5H3. The van der Waals surface area contributed by atoms with Gasteiger partial charge in [-0.1, -0.05) is 12.1 Å². The second kappa shape index (κ2) is 6.12. The molecule has 0 saturated carbocycles. The van der Waals surface area contributed by atoms with Gasteiger partial charge in [0.25, 0.3) is 0 Å². The van der Waals surface area contributed by atoms with Crippen LogP contribution in [-0.2, 0) is 11.3 Å². The summed E-state index contributed by atoms with van der Waals surface area (Å²) in [4.78, 5) is 0. The fourth-order valence-corrected chi connectivity index (χ4v) is 1.79. The van der Waals surface area contributed by atoms with Gasteiger partial charge in [0.05, 0.1) is 6.10 Å². The molecule has 0 bridgehead atoms. The van der Waals surface area contributed by atoms with Crippen molar-refractivity contribution in [3.8, 4) is 0 Å². The van der Waals surface area contributed by atoms with Gasteiger partial charge in [-0.15, -0.1) is 0 Å². The third-order valence-electron chi connectivity index (χ3n) is 3.20. The van der Waals surface area contributed by atoms with Crippen LogP contribution in [0.2, 0.25) is 0 Å². The summed E-state index contributed by atoms with van der Waals surface area (Å²) in [5, 5.41) is 3.38. The maximum Gasteiger partial charge on any atom is 0.129 e. The van der Waals surface area contributed by atoms with E-state index in [4.69, 9.17) is 4.74 Å². The first-order chi connectivity index (χ1) is 7.95. The first kappa shape index (κ1) is 14.1. The Morgan fingerprint density at radius 2 is 1.76 bits per heavy atom. The second-order valence-corrected chi connectivity index (χ2v) is 4.65. The lowest BCUT2D eigenvalue weighted by Gasteiger charge is -2.20. The van der Waals surface area contributed by atoms with Crippen LogP contribution < -0.4 is 5.32 Å². The highest BCUT2D eigenvalue weighted by Crippen LogP contribution is 2.14. The van der Waals surface area contributed by atoms with E-state index in [1.54, 1.807) is 21.0 Å². The van der Waals surface area contributed by atoms with Gasteiger partial charge in [0, 0.05) is 19.7 Å². The van der Waals surface area contributed by atoms with Crippen molar-refractivity contribution in [2.75, 3.05) is 7.11 Å². The number of aryl methyl sites for hydroxylation is 2. The van der Waals surface area contributed by atoms with Gasteiger partial charge in [-0.2, -0.15) is 0 Å². The highest BCUT2D eigenvalue weighted by molar-refractivity contribution is 5.30. The minimum Gasteiger partial charge on any atom is -0.380 e. The molecule has 1 aromatic carbocycles. The molecule has 1 rings (SSSR count). The van der Waals surface area contributed by atoms with Crippen molar-refractivity contribution < 1.29 is 9.13 Å². The Bertz CT molecular complexity index is 355. The first-order valence-electron chi connectivity index (χ1n) is 5.97. The summed E-state index contributed by atoms with van der Waals surface area (Å²) in [6.07, 6.45) is 0.164. The summed E-state index contributed by atoms with van der Waals surface area (Å²) in [5.41, 5.74) is 2.51. The Morgan fingerprint density at radius 3 is 2.24 bits per heavy atom. The van der Waals surface area contributed by atoms with E-state index in [9.17, 15) is 4.39 Å². The Morgan fingerprint density at radius 1 is 1.24 bits per heavy atom. The lowest BCUT2D eigenvalue weighted by atomic mass is 10.1. The van der Waals surface area contributed by atoms with Crippen molar-refractivity contribution in [2.24, 2.45) is 0 Å². The Hall–Kier alpha value is -0.930. The van der Waals surface area contributed by atoms with Crippen molar-refractivity contribution in [2.45, 2.75) is 46.4 Å². The number of methoxy groups -OCH3 is 1. The molecule has 1 aromatic rings. The zero-order valence-electron chi connectivity index (χ0n) is 11.3. The van der Waals surface area contributed by atoms with Crippen molar-refractivity contribution in [1.29, 1.82) is 0 Å². The van der Waals surface area contributed by atoms with Crippen molar-refractivity contribution in [1.82, 2.24) is 5.32 Å². The number of hydrogen-bond donors (Lipinski definition) is 1. The third kappa shape index (κ3) is 3.79. The number of rotatable bonds is 5. The molecule has 0 saturated heterocycles. The number of benzene rings is 1. The van der Waals surface area contributed by atoms with Gasteiger partial charge in [-0.25, -0.2) is 4.39 Å². The van der Waals surface area contributed by atoms with Gasteiger partial charge in [0.15, 0.2) is 0 Å².